The summed E-state index contributed by atoms with van der Waals surface area (Å²) in [6, 6.07) is 4.44. The van der Waals surface area contributed by atoms with Crippen molar-refractivity contribution < 1.29 is 23.9 Å². The molecule has 3 atom stereocenters. The van der Waals surface area contributed by atoms with Crippen LogP contribution in [0.5, 0.6) is 0 Å². The summed E-state index contributed by atoms with van der Waals surface area (Å²) < 4.78 is 13.0. The van der Waals surface area contributed by atoms with Crippen LogP contribution in [0.2, 0.25) is 0 Å². The lowest BCUT2D eigenvalue weighted by Gasteiger charge is -2.22. The fraction of sp³-hybridized carbons (Fsp3) is 0.471. The number of benzene rings is 1. The summed E-state index contributed by atoms with van der Waals surface area (Å²) in [4.78, 5) is 37.5. The van der Waals surface area contributed by atoms with E-state index in [4.69, 9.17) is 0 Å². The number of carboxylic acid groups (broad SMARTS) is 1. The second kappa shape index (κ2) is 7.42. The standard InChI is InChI=1S/C17H21FN2O4/c1-3-10(2)14(17(23)24)19-15(21)13-8-9-20(16(13)22)12-6-4-11(18)5-7-12/h4-7,10,13-14H,3,8-9H2,1-2H3,(H,19,21)(H,23,24). The largest absolute Gasteiger partial charge is 0.480 e. The fourth-order valence-corrected chi connectivity index (χ4v) is 2.74. The van der Waals surface area contributed by atoms with E-state index in [1.807, 2.05) is 6.92 Å². The van der Waals surface area contributed by atoms with Gasteiger partial charge in [0.1, 0.15) is 17.8 Å². The first-order valence-corrected chi connectivity index (χ1v) is 7.95. The van der Waals surface area contributed by atoms with Crippen molar-refractivity contribution in [2.24, 2.45) is 11.8 Å². The van der Waals surface area contributed by atoms with E-state index in [-0.39, 0.29) is 5.92 Å². The fourth-order valence-electron chi connectivity index (χ4n) is 2.74. The van der Waals surface area contributed by atoms with Crippen LogP contribution in [0.15, 0.2) is 24.3 Å². The van der Waals surface area contributed by atoms with Gasteiger partial charge in [-0.1, -0.05) is 20.3 Å². The van der Waals surface area contributed by atoms with Gasteiger partial charge in [0.15, 0.2) is 0 Å². The first kappa shape index (κ1) is 17.9. The van der Waals surface area contributed by atoms with E-state index in [2.05, 4.69) is 5.32 Å². The number of carbonyl (C=O) groups is 3. The first-order valence-electron chi connectivity index (χ1n) is 7.95. The van der Waals surface area contributed by atoms with Crippen molar-refractivity contribution in [2.45, 2.75) is 32.7 Å². The second-order valence-corrected chi connectivity index (χ2v) is 6.02. The van der Waals surface area contributed by atoms with Gasteiger partial charge in [0.2, 0.25) is 11.8 Å². The Morgan fingerprint density at radius 2 is 2.00 bits per heavy atom. The summed E-state index contributed by atoms with van der Waals surface area (Å²) in [5, 5.41) is 11.7. The molecule has 130 valence electrons. The Bertz CT molecular complexity index is 632. The molecule has 1 fully saturated rings. The van der Waals surface area contributed by atoms with Crippen LogP contribution in [0.4, 0.5) is 10.1 Å². The minimum absolute atomic E-state index is 0.240. The van der Waals surface area contributed by atoms with E-state index in [0.29, 0.717) is 25.1 Å². The van der Waals surface area contributed by atoms with Crippen LogP contribution in [0.1, 0.15) is 26.7 Å². The summed E-state index contributed by atoms with van der Waals surface area (Å²) in [6.45, 7) is 3.91. The van der Waals surface area contributed by atoms with Crippen LogP contribution in [-0.4, -0.2) is 35.5 Å². The lowest BCUT2D eigenvalue weighted by molar-refractivity contribution is -0.145. The molecule has 1 aromatic rings. The summed E-state index contributed by atoms with van der Waals surface area (Å²) in [5.74, 6) is -3.64. The zero-order valence-electron chi connectivity index (χ0n) is 13.7. The highest BCUT2D eigenvalue weighted by molar-refractivity contribution is 6.10. The predicted molar refractivity (Wildman–Crippen MR) is 85.9 cm³/mol. The minimum atomic E-state index is -1.11. The third kappa shape index (κ3) is 3.72. The molecule has 2 N–H and O–H groups in total. The minimum Gasteiger partial charge on any atom is -0.480 e. The molecule has 0 radical (unpaired) electrons. The molecule has 0 spiro atoms. The topological polar surface area (TPSA) is 86.7 Å². The van der Waals surface area contributed by atoms with E-state index < -0.39 is 35.6 Å². The maximum Gasteiger partial charge on any atom is 0.326 e. The Morgan fingerprint density at radius 3 is 2.54 bits per heavy atom. The number of carboxylic acids is 1. The molecule has 1 saturated heterocycles. The molecule has 0 aliphatic carbocycles. The third-order valence-electron chi connectivity index (χ3n) is 4.44. The lowest BCUT2D eigenvalue weighted by Crippen LogP contribution is -2.48. The van der Waals surface area contributed by atoms with Crippen LogP contribution in [-0.2, 0) is 14.4 Å². The van der Waals surface area contributed by atoms with Gasteiger partial charge in [0.25, 0.3) is 0 Å². The Balaban J connectivity index is 2.07. The average Bonchev–Trinajstić information content (AvgIpc) is 2.94. The van der Waals surface area contributed by atoms with E-state index >= 15 is 0 Å². The van der Waals surface area contributed by atoms with Crippen LogP contribution >= 0.6 is 0 Å². The number of nitrogens with one attached hydrogen (secondary N) is 1. The monoisotopic (exact) mass is 336 g/mol. The van der Waals surface area contributed by atoms with Gasteiger partial charge >= 0.3 is 5.97 Å². The third-order valence-corrected chi connectivity index (χ3v) is 4.44. The van der Waals surface area contributed by atoms with Gasteiger partial charge in [-0.3, -0.25) is 9.59 Å². The summed E-state index contributed by atoms with van der Waals surface area (Å²) in [6.07, 6.45) is 0.895. The molecule has 24 heavy (non-hydrogen) atoms. The molecule has 1 aliphatic heterocycles. The number of hydrogen-bond donors (Lipinski definition) is 2. The zero-order chi connectivity index (χ0) is 17.9. The number of hydrogen-bond acceptors (Lipinski definition) is 3. The molecule has 1 heterocycles. The quantitative estimate of drug-likeness (QED) is 0.776. The first-order chi connectivity index (χ1) is 11.3. The molecule has 0 saturated carbocycles. The highest BCUT2D eigenvalue weighted by atomic mass is 19.1. The molecule has 6 nitrogen and oxygen atoms in total. The Kier molecular flexibility index (Phi) is 5.54. The van der Waals surface area contributed by atoms with Crippen LogP contribution < -0.4 is 10.2 Å². The number of nitrogens with zero attached hydrogens (tertiary/aromatic N) is 1. The van der Waals surface area contributed by atoms with Crippen molar-refractivity contribution in [3.05, 3.63) is 30.1 Å². The molecule has 2 amide bonds. The molecular weight excluding hydrogens is 315 g/mol. The van der Waals surface area contributed by atoms with Gasteiger partial charge in [-0.05, 0) is 36.6 Å². The summed E-state index contributed by atoms with van der Waals surface area (Å²) in [5.41, 5.74) is 0.522. The number of amides is 2. The van der Waals surface area contributed by atoms with Gasteiger partial charge in [-0.25, -0.2) is 9.18 Å². The molecular formula is C17H21FN2O4. The number of carbonyl (C=O) groups excluding carboxylic acids is 2. The highest BCUT2D eigenvalue weighted by Gasteiger charge is 2.39. The summed E-state index contributed by atoms with van der Waals surface area (Å²) in [7, 11) is 0. The smallest absolute Gasteiger partial charge is 0.326 e. The number of halogens is 1. The van der Waals surface area contributed by atoms with Crippen molar-refractivity contribution in [1.29, 1.82) is 0 Å². The molecule has 2 rings (SSSR count). The molecule has 0 aromatic heterocycles. The number of anilines is 1. The van der Waals surface area contributed by atoms with Gasteiger partial charge < -0.3 is 15.3 Å². The van der Waals surface area contributed by atoms with E-state index in [0.717, 1.165) is 0 Å². The maximum absolute atomic E-state index is 13.0. The Hall–Kier alpha value is -2.44. The highest BCUT2D eigenvalue weighted by Crippen LogP contribution is 2.26. The Morgan fingerprint density at radius 1 is 1.38 bits per heavy atom. The van der Waals surface area contributed by atoms with Crippen LogP contribution in [0, 0.1) is 17.7 Å². The molecule has 0 bridgehead atoms. The van der Waals surface area contributed by atoms with Crippen LogP contribution in [0.25, 0.3) is 0 Å². The molecule has 1 aliphatic rings. The predicted octanol–water partition coefficient (Wildman–Crippen LogP) is 1.79. The van der Waals surface area contributed by atoms with Gasteiger partial charge in [-0.2, -0.15) is 0 Å². The van der Waals surface area contributed by atoms with Gasteiger partial charge in [-0.15, -0.1) is 0 Å². The number of aliphatic carboxylic acids is 1. The van der Waals surface area contributed by atoms with Crippen LogP contribution in [0.3, 0.4) is 0 Å². The lowest BCUT2D eigenvalue weighted by atomic mass is 9.98. The molecule has 3 unspecified atom stereocenters. The maximum atomic E-state index is 13.0. The molecule has 1 aromatic carbocycles. The normalized spacial score (nSPS) is 19.9. The van der Waals surface area contributed by atoms with Crippen molar-refractivity contribution >= 4 is 23.5 Å². The van der Waals surface area contributed by atoms with E-state index in [1.165, 1.54) is 29.2 Å². The van der Waals surface area contributed by atoms with Crippen molar-refractivity contribution in [3.63, 3.8) is 0 Å². The second-order valence-electron chi connectivity index (χ2n) is 6.02. The van der Waals surface area contributed by atoms with Crippen molar-refractivity contribution in [1.82, 2.24) is 5.32 Å². The average molecular weight is 336 g/mol. The van der Waals surface area contributed by atoms with Crippen molar-refractivity contribution in [3.8, 4) is 0 Å². The summed E-state index contributed by atoms with van der Waals surface area (Å²) >= 11 is 0. The van der Waals surface area contributed by atoms with E-state index in [9.17, 15) is 23.9 Å². The van der Waals surface area contributed by atoms with Gasteiger partial charge in [0.05, 0.1) is 0 Å². The SMILES string of the molecule is CCC(C)C(NC(=O)C1CCN(c2ccc(F)cc2)C1=O)C(=O)O. The molecule has 7 heteroatoms. The van der Waals surface area contributed by atoms with Gasteiger partial charge in [0, 0.05) is 12.2 Å². The van der Waals surface area contributed by atoms with Crippen molar-refractivity contribution in [2.75, 3.05) is 11.4 Å². The zero-order valence-corrected chi connectivity index (χ0v) is 13.7. The number of rotatable bonds is 6. The van der Waals surface area contributed by atoms with E-state index in [1.54, 1.807) is 6.92 Å². The Labute approximate surface area is 139 Å².